The van der Waals surface area contributed by atoms with E-state index in [1.165, 1.54) is 23.1 Å². The summed E-state index contributed by atoms with van der Waals surface area (Å²) >= 11 is 2.94. The third-order valence-corrected chi connectivity index (χ3v) is 6.45. The van der Waals surface area contributed by atoms with Crippen LogP contribution in [0.15, 0.2) is 57.6 Å². The molecule has 0 saturated heterocycles. The largest absolute Gasteiger partial charge is 0.495 e. The standard InChI is InChI=1S/C22H23N5O3S2/c1-14(2)11-23-21(28)15-12-31-19(24-15)13-32-22-26-25-20(18-9-6-10-30-18)27(22)16-7-4-5-8-17(16)29-3/h4-10,12,14H,11,13H2,1-3H3,(H,23,28). The van der Waals surface area contributed by atoms with Gasteiger partial charge in [0.15, 0.2) is 10.9 Å². The van der Waals surface area contributed by atoms with Gasteiger partial charge in [0.05, 0.1) is 24.8 Å². The van der Waals surface area contributed by atoms with Gasteiger partial charge in [-0.2, -0.15) is 0 Å². The van der Waals surface area contributed by atoms with E-state index in [0.717, 1.165) is 10.7 Å². The summed E-state index contributed by atoms with van der Waals surface area (Å²) in [6.45, 7) is 4.73. The maximum Gasteiger partial charge on any atom is 0.270 e. The molecule has 0 bridgehead atoms. The van der Waals surface area contributed by atoms with Gasteiger partial charge in [-0.15, -0.1) is 21.5 Å². The van der Waals surface area contributed by atoms with E-state index in [4.69, 9.17) is 9.15 Å². The van der Waals surface area contributed by atoms with Crippen molar-refractivity contribution in [2.24, 2.45) is 5.92 Å². The minimum Gasteiger partial charge on any atom is -0.495 e. The van der Waals surface area contributed by atoms with Crippen LogP contribution in [0.2, 0.25) is 0 Å². The van der Waals surface area contributed by atoms with E-state index >= 15 is 0 Å². The number of thioether (sulfide) groups is 1. The lowest BCUT2D eigenvalue weighted by atomic mass is 10.2. The number of amides is 1. The van der Waals surface area contributed by atoms with Crippen molar-refractivity contribution >= 4 is 29.0 Å². The molecule has 0 unspecified atom stereocenters. The summed E-state index contributed by atoms with van der Waals surface area (Å²) in [6, 6.07) is 11.3. The van der Waals surface area contributed by atoms with Gasteiger partial charge < -0.3 is 14.5 Å². The molecule has 0 spiro atoms. The van der Waals surface area contributed by atoms with E-state index in [-0.39, 0.29) is 5.91 Å². The van der Waals surface area contributed by atoms with Gasteiger partial charge >= 0.3 is 0 Å². The number of rotatable bonds is 9. The Hall–Kier alpha value is -3.11. The van der Waals surface area contributed by atoms with Crippen LogP contribution in [0, 0.1) is 5.92 Å². The normalized spacial score (nSPS) is 11.1. The number of furan rings is 1. The van der Waals surface area contributed by atoms with E-state index in [1.54, 1.807) is 18.8 Å². The van der Waals surface area contributed by atoms with Crippen molar-refractivity contribution in [3.05, 3.63) is 58.7 Å². The average Bonchev–Trinajstić information content (AvgIpc) is 3.56. The molecule has 4 aromatic rings. The van der Waals surface area contributed by atoms with Crippen LogP contribution in [0.4, 0.5) is 0 Å². The van der Waals surface area contributed by atoms with Crippen molar-refractivity contribution in [2.75, 3.05) is 13.7 Å². The molecule has 8 nitrogen and oxygen atoms in total. The average molecular weight is 470 g/mol. The summed E-state index contributed by atoms with van der Waals surface area (Å²) in [5, 5.41) is 14.9. The first kappa shape index (κ1) is 22.1. The number of aromatic nitrogens is 4. The molecule has 10 heteroatoms. The molecule has 0 saturated carbocycles. The molecular formula is C22H23N5O3S2. The van der Waals surface area contributed by atoms with Crippen LogP contribution in [0.25, 0.3) is 17.3 Å². The van der Waals surface area contributed by atoms with Crippen molar-refractivity contribution in [3.8, 4) is 23.0 Å². The number of para-hydroxylation sites is 2. The van der Waals surface area contributed by atoms with Crippen molar-refractivity contribution in [2.45, 2.75) is 24.8 Å². The fraction of sp³-hybridized carbons (Fsp3) is 0.273. The Kier molecular flexibility index (Phi) is 6.91. The number of ether oxygens (including phenoxy) is 1. The third-order valence-electron chi connectivity index (χ3n) is 4.48. The zero-order valence-electron chi connectivity index (χ0n) is 17.9. The highest BCUT2D eigenvalue weighted by Crippen LogP contribution is 2.34. The summed E-state index contributed by atoms with van der Waals surface area (Å²) in [5.74, 6) is 2.66. The fourth-order valence-corrected chi connectivity index (χ4v) is 4.69. The van der Waals surface area contributed by atoms with E-state index in [2.05, 4.69) is 34.3 Å². The fourth-order valence-electron chi connectivity index (χ4n) is 2.96. The van der Waals surface area contributed by atoms with Gasteiger partial charge in [-0.3, -0.25) is 9.36 Å². The smallest absolute Gasteiger partial charge is 0.270 e. The molecular weight excluding hydrogens is 446 g/mol. The quantitative estimate of drug-likeness (QED) is 0.356. The molecule has 0 fully saturated rings. The van der Waals surface area contributed by atoms with Gasteiger partial charge in [-0.05, 0) is 30.2 Å². The summed E-state index contributed by atoms with van der Waals surface area (Å²) in [4.78, 5) is 16.7. The van der Waals surface area contributed by atoms with Crippen LogP contribution in [0.1, 0.15) is 29.3 Å². The second kappa shape index (κ2) is 10.0. The number of benzene rings is 1. The lowest BCUT2D eigenvalue weighted by Crippen LogP contribution is -2.27. The highest BCUT2D eigenvalue weighted by Gasteiger charge is 2.21. The van der Waals surface area contributed by atoms with Gasteiger partial charge in [0, 0.05) is 11.9 Å². The van der Waals surface area contributed by atoms with Gasteiger partial charge in [0.25, 0.3) is 5.91 Å². The van der Waals surface area contributed by atoms with Crippen molar-refractivity contribution in [1.29, 1.82) is 0 Å². The SMILES string of the molecule is COc1ccccc1-n1c(SCc2nc(C(=O)NCC(C)C)cs2)nnc1-c1ccco1. The molecule has 0 aliphatic heterocycles. The molecule has 3 aromatic heterocycles. The Morgan fingerprint density at radius 3 is 2.84 bits per heavy atom. The molecule has 0 aliphatic carbocycles. The number of hydrogen-bond donors (Lipinski definition) is 1. The van der Waals surface area contributed by atoms with Gasteiger partial charge in [0.1, 0.15) is 16.5 Å². The molecule has 1 aromatic carbocycles. The molecule has 166 valence electrons. The molecule has 0 radical (unpaired) electrons. The molecule has 3 heterocycles. The second-order valence-corrected chi connectivity index (χ2v) is 9.19. The van der Waals surface area contributed by atoms with Gasteiger partial charge in [-0.25, -0.2) is 4.98 Å². The molecule has 32 heavy (non-hydrogen) atoms. The zero-order chi connectivity index (χ0) is 22.5. The summed E-state index contributed by atoms with van der Waals surface area (Å²) in [6.07, 6.45) is 1.60. The van der Waals surface area contributed by atoms with Crippen LogP contribution in [-0.2, 0) is 5.75 Å². The van der Waals surface area contributed by atoms with Crippen molar-refractivity contribution in [3.63, 3.8) is 0 Å². The Bertz CT molecular complexity index is 1180. The lowest BCUT2D eigenvalue weighted by Gasteiger charge is -2.12. The predicted molar refractivity (Wildman–Crippen MR) is 124 cm³/mol. The molecule has 0 aliphatic rings. The number of carbonyl (C=O) groups is 1. The first-order valence-corrected chi connectivity index (χ1v) is 11.9. The van der Waals surface area contributed by atoms with Crippen LogP contribution in [-0.4, -0.2) is 39.3 Å². The van der Waals surface area contributed by atoms with Crippen LogP contribution < -0.4 is 10.1 Å². The Morgan fingerprint density at radius 2 is 2.09 bits per heavy atom. The second-order valence-electron chi connectivity index (χ2n) is 7.31. The molecule has 1 N–H and O–H groups in total. The molecule has 1 amide bonds. The number of nitrogens with zero attached hydrogens (tertiary/aromatic N) is 4. The zero-order valence-corrected chi connectivity index (χ0v) is 19.6. The van der Waals surface area contributed by atoms with E-state index < -0.39 is 0 Å². The highest BCUT2D eigenvalue weighted by molar-refractivity contribution is 7.98. The van der Waals surface area contributed by atoms with Crippen molar-refractivity contribution < 1.29 is 13.9 Å². The number of carbonyl (C=O) groups excluding carboxylic acids is 1. The minimum atomic E-state index is -0.150. The Balaban J connectivity index is 1.58. The third kappa shape index (κ3) is 4.86. The maximum absolute atomic E-state index is 12.3. The van der Waals surface area contributed by atoms with Gasteiger partial charge in [0.2, 0.25) is 5.82 Å². The highest BCUT2D eigenvalue weighted by atomic mass is 32.2. The topological polar surface area (TPSA) is 95.1 Å². The van der Waals surface area contributed by atoms with Crippen molar-refractivity contribution in [1.82, 2.24) is 25.1 Å². The maximum atomic E-state index is 12.3. The Labute approximate surface area is 194 Å². The minimum absolute atomic E-state index is 0.150. The number of methoxy groups -OCH3 is 1. The van der Waals surface area contributed by atoms with E-state index in [1.807, 2.05) is 41.0 Å². The number of nitrogens with one attached hydrogen (secondary N) is 1. The predicted octanol–water partition coefficient (Wildman–Crippen LogP) is 4.67. The van der Waals surface area contributed by atoms with Crippen LogP contribution >= 0.6 is 23.1 Å². The summed E-state index contributed by atoms with van der Waals surface area (Å²) in [7, 11) is 1.63. The van der Waals surface area contributed by atoms with E-state index in [0.29, 0.717) is 46.4 Å². The first-order chi connectivity index (χ1) is 15.6. The lowest BCUT2D eigenvalue weighted by molar-refractivity contribution is 0.0944. The first-order valence-electron chi connectivity index (χ1n) is 10.0. The monoisotopic (exact) mass is 469 g/mol. The van der Waals surface area contributed by atoms with Crippen LogP contribution in [0.5, 0.6) is 5.75 Å². The van der Waals surface area contributed by atoms with Crippen LogP contribution in [0.3, 0.4) is 0 Å². The summed E-state index contributed by atoms with van der Waals surface area (Å²) < 4.78 is 13.0. The number of hydrogen-bond acceptors (Lipinski definition) is 8. The molecule has 0 atom stereocenters. The van der Waals surface area contributed by atoms with E-state index in [9.17, 15) is 4.79 Å². The van der Waals surface area contributed by atoms with Gasteiger partial charge in [-0.1, -0.05) is 37.7 Å². The number of thiazole rings is 1. The Morgan fingerprint density at radius 1 is 1.25 bits per heavy atom. The summed E-state index contributed by atoms with van der Waals surface area (Å²) in [5.41, 5.74) is 1.25. The molecule has 4 rings (SSSR count).